The zero-order valence-electron chi connectivity index (χ0n) is 3.93. The minimum atomic E-state index is -0.562. The quantitative estimate of drug-likeness (QED) is 0.418. The Morgan fingerprint density at radius 1 is 1.75 bits per heavy atom. The first-order valence-electron chi connectivity index (χ1n) is 2.18. The summed E-state index contributed by atoms with van der Waals surface area (Å²) < 4.78 is 4.50. The fraction of sp³-hybridized carbons (Fsp3) is 0.750. The second-order valence-corrected chi connectivity index (χ2v) is 2.73. The largest absolute Gasteiger partial charge is 0.459 e. The first-order chi connectivity index (χ1) is 3.70. The number of esters is 1. The number of cyclic esters (lactones) is 1. The first kappa shape index (κ1) is 6.17. The summed E-state index contributed by atoms with van der Waals surface area (Å²) in [6.45, 7) is 0. The summed E-state index contributed by atoms with van der Waals surface area (Å²) in [6, 6.07) is 0. The molecule has 1 saturated heterocycles. The van der Waals surface area contributed by atoms with Crippen LogP contribution in [0.2, 0.25) is 0 Å². The summed E-state index contributed by atoms with van der Waals surface area (Å²) in [5, 5.41) is 0. The highest BCUT2D eigenvalue weighted by molar-refractivity contribution is 6.45. The maximum absolute atomic E-state index is 10.1. The second kappa shape index (κ2) is 2.11. The molecule has 8 heavy (non-hydrogen) atoms. The molecule has 1 unspecified atom stereocenters. The lowest BCUT2D eigenvalue weighted by Gasteiger charge is -2.25. The zero-order valence-corrected chi connectivity index (χ0v) is 5.45. The van der Waals surface area contributed by atoms with Crippen molar-refractivity contribution in [2.45, 2.75) is 17.4 Å². The standard InChI is InChI=1S/C4H4Cl2O2/c5-4(6)2-1-3(7)8-2/h2,4H,1H2. The van der Waals surface area contributed by atoms with Crippen LogP contribution < -0.4 is 0 Å². The highest BCUT2D eigenvalue weighted by Crippen LogP contribution is 2.23. The van der Waals surface area contributed by atoms with Crippen molar-refractivity contribution in [1.82, 2.24) is 0 Å². The smallest absolute Gasteiger partial charge is 0.310 e. The van der Waals surface area contributed by atoms with Crippen molar-refractivity contribution in [3.63, 3.8) is 0 Å². The van der Waals surface area contributed by atoms with Crippen LogP contribution in [0.1, 0.15) is 6.42 Å². The third-order valence-electron chi connectivity index (χ3n) is 0.932. The molecule has 1 rings (SSSR count). The van der Waals surface area contributed by atoms with Crippen molar-refractivity contribution < 1.29 is 9.53 Å². The van der Waals surface area contributed by atoms with Crippen LogP contribution in [0, 0.1) is 0 Å². The molecule has 0 aromatic rings. The molecule has 0 saturated carbocycles. The van der Waals surface area contributed by atoms with Crippen molar-refractivity contribution in [3.8, 4) is 0 Å². The van der Waals surface area contributed by atoms with Crippen molar-refractivity contribution in [2.24, 2.45) is 0 Å². The van der Waals surface area contributed by atoms with E-state index in [9.17, 15) is 4.79 Å². The van der Waals surface area contributed by atoms with Crippen LogP contribution >= 0.6 is 23.2 Å². The number of hydrogen-bond donors (Lipinski definition) is 0. The van der Waals surface area contributed by atoms with E-state index < -0.39 is 4.84 Å². The normalized spacial score (nSPS) is 27.4. The molecule has 1 aliphatic rings. The molecule has 46 valence electrons. The summed E-state index contributed by atoms with van der Waals surface area (Å²) in [6.07, 6.45) is 0.100. The van der Waals surface area contributed by atoms with Crippen molar-refractivity contribution in [3.05, 3.63) is 0 Å². The first-order valence-corrected chi connectivity index (χ1v) is 3.05. The SMILES string of the molecule is O=C1CC(C(Cl)Cl)O1. The predicted molar refractivity (Wildman–Crippen MR) is 30.0 cm³/mol. The third-order valence-corrected chi connectivity index (χ3v) is 1.49. The third kappa shape index (κ3) is 1.06. The minimum absolute atomic E-state index is 0.221. The molecule has 1 fully saturated rings. The van der Waals surface area contributed by atoms with Crippen LogP contribution in [-0.4, -0.2) is 16.9 Å². The number of halogens is 2. The number of carbonyl (C=O) groups is 1. The molecular formula is C4H4Cl2O2. The van der Waals surface area contributed by atoms with E-state index in [2.05, 4.69) is 4.74 Å². The molecule has 0 N–H and O–H groups in total. The lowest BCUT2D eigenvalue weighted by atomic mass is 10.2. The molecule has 4 heteroatoms. The molecular weight excluding hydrogens is 151 g/mol. The van der Waals surface area contributed by atoms with E-state index in [-0.39, 0.29) is 12.1 Å². The Labute approximate surface area is 56.7 Å². The second-order valence-electron chi connectivity index (χ2n) is 1.57. The molecule has 0 radical (unpaired) electrons. The lowest BCUT2D eigenvalue weighted by molar-refractivity contribution is -0.167. The van der Waals surface area contributed by atoms with Gasteiger partial charge in [-0.05, 0) is 0 Å². The van der Waals surface area contributed by atoms with Gasteiger partial charge in [0.05, 0.1) is 6.42 Å². The van der Waals surface area contributed by atoms with Crippen LogP contribution in [0.15, 0.2) is 0 Å². The molecule has 0 amide bonds. The van der Waals surface area contributed by atoms with Crippen LogP contribution in [0.4, 0.5) is 0 Å². The Bertz CT molecular complexity index is 105. The number of hydrogen-bond acceptors (Lipinski definition) is 2. The van der Waals surface area contributed by atoms with Gasteiger partial charge in [0.25, 0.3) is 0 Å². The highest BCUT2D eigenvalue weighted by atomic mass is 35.5. The Balaban J connectivity index is 2.25. The molecule has 0 aliphatic carbocycles. The molecule has 0 bridgehead atoms. The van der Waals surface area contributed by atoms with Crippen LogP contribution in [0.5, 0.6) is 0 Å². The van der Waals surface area contributed by atoms with Gasteiger partial charge in [-0.2, -0.15) is 0 Å². The number of rotatable bonds is 1. The van der Waals surface area contributed by atoms with Gasteiger partial charge in [0.2, 0.25) is 0 Å². The Hall–Kier alpha value is 0.0500. The van der Waals surface area contributed by atoms with E-state index in [0.717, 1.165) is 0 Å². The van der Waals surface area contributed by atoms with Crippen molar-refractivity contribution >= 4 is 29.2 Å². The predicted octanol–water partition coefficient (Wildman–Crippen LogP) is 1.11. The summed E-state index contributed by atoms with van der Waals surface area (Å²) in [7, 11) is 0. The zero-order chi connectivity index (χ0) is 6.15. The monoisotopic (exact) mass is 154 g/mol. The molecule has 2 nitrogen and oxygen atoms in total. The van der Waals surface area contributed by atoms with Gasteiger partial charge >= 0.3 is 5.97 Å². The number of carbonyl (C=O) groups excluding carboxylic acids is 1. The van der Waals surface area contributed by atoms with E-state index in [1.807, 2.05) is 0 Å². The van der Waals surface area contributed by atoms with Crippen LogP contribution in [0.25, 0.3) is 0 Å². The fourth-order valence-electron chi connectivity index (χ4n) is 0.464. The van der Waals surface area contributed by atoms with E-state index in [1.54, 1.807) is 0 Å². The average Bonchev–Trinajstić information content (AvgIpc) is 1.57. The molecule has 0 aromatic heterocycles. The molecule has 1 aliphatic heterocycles. The molecule has 1 heterocycles. The van der Waals surface area contributed by atoms with E-state index in [0.29, 0.717) is 6.42 Å². The van der Waals surface area contributed by atoms with Crippen molar-refractivity contribution in [2.75, 3.05) is 0 Å². The Morgan fingerprint density at radius 2 is 2.25 bits per heavy atom. The summed E-state index contributed by atoms with van der Waals surface area (Å²) >= 11 is 10.7. The lowest BCUT2D eigenvalue weighted by Crippen LogP contribution is -2.37. The van der Waals surface area contributed by atoms with Crippen LogP contribution in [0.3, 0.4) is 0 Å². The Morgan fingerprint density at radius 3 is 2.38 bits per heavy atom. The molecule has 1 atom stereocenters. The van der Waals surface area contributed by atoms with Gasteiger partial charge in [0.1, 0.15) is 10.9 Å². The van der Waals surface area contributed by atoms with Gasteiger partial charge in [-0.15, -0.1) is 23.2 Å². The van der Waals surface area contributed by atoms with Gasteiger partial charge in [0.15, 0.2) is 0 Å². The summed E-state index contributed by atoms with van der Waals surface area (Å²) in [5.41, 5.74) is 0. The molecule has 0 spiro atoms. The topological polar surface area (TPSA) is 26.3 Å². The van der Waals surface area contributed by atoms with Crippen LogP contribution in [-0.2, 0) is 9.53 Å². The van der Waals surface area contributed by atoms with E-state index in [4.69, 9.17) is 23.2 Å². The van der Waals surface area contributed by atoms with Gasteiger partial charge in [-0.1, -0.05) is 0 Å². The number of alkyl halides is 2. The van der Waals surface area contributed by atoms with E-state index >= 15 is 0 Å². The number of ether oxygens (including phenoxy) is 1. The Kier molecular flexibility index (Phi) is 1.63. The fourth-order valence-corrected chi connectivity index (χ4v) is 0.745. The molecule has 0 aromatic carbocycles. The van der Waals surface area contributed by atoms with Crippen molar-refractivity contribution in [1.29, 1.82) is 0 Å². The highest BCUT2D eigenvalue weighted by Gasteiger charge is 2.33. The van der Waals surface area contributed by atoms with Gasteiger partial charge in [-0.3, -0.25) is 4.79 Å². The van der Waals surface area contributed by atoms with Gasteiger partial charge in [-0.25, -0.2) is 0 Å². The summed E-state index contributed by atoms with van der Waals surface area (Å²) in [5.74, 6) is -0.221. The maximum Gasteiger partial charge on any atom is 0.310 e. The van der Waals surface area contributed by atoms with Gasteiger partial charge < -0.3 is 4.74 Å². The summed E-state index contributed by atoms with van der Waals surface area (Å²) in [4.78, 5) is 9.51. The average molecular weight is 155 g/mol. The van der Waals surface area contributed by atoms with E-state index in [1.165, 1.54) is 0 Å². The minimum Gasteiger partial charge on any atom is -0.459 e. The van der Waals surface area contributed by atoms with Gasteiger partial charge in [0, 0.05) is 0 Å². The maximum atomic E-state index is 10.1.